The number of aromatic nitrogens is 2. The lowest BCUT2D eigenvalue weighted by atomic mass is 10.2. The average molecular weight is 339 g/mol. The molecule has 0 aliphatic rings. The van der Waals surface area contributed by atoms with E-state index in [1.807, 2.05) is 6.07 Å². The predicted octanol–water partition coefficient (Wildman–Crippen LogP) is 4.28. The van der Waals surface area contributed by atoms with E-state index >= 15 is 0 Å². The summed E-state index contributed by atoms with van der Waals surface area (Å²) < 4.78 is 33.0. The van der Waals surface area contributed by atoms with Gasteiger partial charge < -0.3 is 9.72 Å². The molecule has 0 spiro atoms. The molecule has 3 aromatic rings. The first-order valence-electron chi connectivity index (χ1n) is 5.77. The Labute approximate surface area is 121 Å². The molecule has 0 unspecified atom stereocenters. The first kappa shape index (κ1) is 13.1. The highest BCUT2D eigenvalue weighted by Gasteiger charge is 2.14. The Morgan fingerprint density at radius 1 is 1.20 bits per heavy atom. The summed E-state index contributed by atoms with van der Waals surface area (Å²) in [5, 5.41) is 0. The number of nitrogens with zero attached hydrogens (tertiary/aromatic N) is 1. The summed E-state index contributed by atoms with van der Waals surface area (Å²) in [6, 6.07) is 7.41. The Morgan fingerprint density at radius 3 is 2.75 bits per heavy atom. The Bertz CT molecular complexity index is 801. The van der Waals surface area contributed by atoms with Crippen LogP contribution in [0.5, 0.6) is 5.75 Å². The molecular formula is C14H9BrF2N2O. The van der Waals surface area contributed by atoms with Crippen LogP contribution in [0.4, 0.5) is 8.78 Å². The fraction of sp³-hybridized carbons (Fsp3) is 0.0714. The van der Waals surface area contributed by atoms with E-state index < -0.39 is 11.6 Å². The van der Waals surface area contributed by atoms with Gasteiger partial charge in [0.25, 0.3) is 0 Å². The second-order valence-electron chi connectivity index (χ2n) is 4.21. The van der Waals surface area contributed by atoms with E-state index in [1.54, 1.807) is 12.1 Å². The number of H-pyrrole nitrogens is 1. The highest BCUT2D eigenvalue weighted by molar-refractivity contribution is 9.10. The van der Waals surface area contributed by atoms with Crippen molar-refractivity contribution in [3.63, 3.8) is 0 Å². The van der Waals surface area contributed by atoms with Gasteiger partial charge in [-0.25, -0.2) is 13.8 Å². The molecule has 102 valence electrons. The molecule has 20 heavy (non-hydrogen) atoms. The summed E-state index contributed by atoms with van der Waals surface area (Å²) in [6.45, 7) is 0. The number of hydrogen-bond acceptors (Lipinski definition) is 2. The molecule has 0 atom stereocenters. The molecule has 0 aliphatic heterocycles. The third kappa shape index (κ3) is 2.16. The van der Waals surface area contributed by atoms with Gasteiger partial charge in [0.05, 0.1) is 18.2 Å². The van der Waals surface area contributed by atoms with Crippen molar-refractivity contribution in [1.29, 1.82) is 0 Å². The standard InChI is InChI=1S/C14H9BrF2N2O/c1-20-12-4-7(15)2-3-9(12)14-18-11-6-8(16)5-10(17)13(11)19-14/h2-6H,1H3,(H,18,19). The van der Waals surface area contributed by atoms with Gasteiger partial charge in [-0.2, -0.15) is 0 Å². The fourth-order valence-corrected chi connectivity index (χ4v) is 2.37. The molecule has 0 saturated heterocycles. The third-order valence-electron chi connectivity index (χ3n) is 2.92. The molecule has 2 aromatic carbocycles. The van der Waals surface area contributed by atoms with Gasteiger partial charge in [0.15, 0.2) is 5.82 Å². The fourth-order valence-electron chi connectivity index (χ4n) is 2.03. The normalized spacial score (nSPS) is 11.0. The predicted molar refractivity (Wildman–Crippen MR) is 75.7 cm³/mol. The zero-order valence-electron chi connectivity index (χ0n) is 10.4. The summed E-state index contributed by atoms with van der Waals surface area (Å²) in [5.74, 6) is -0.334. The summed E-state index contributed by atoms with van der Waals surface area (Å²) in [6.07, 6.45) is 0. The Kier molecular flexibility index (Phi) is 3.17. The number of fused-ring (bicyclic) bond motifs is 1. The zero-order valence-corrected chi connectivity index (χ0v) is 12.0. The van der Waals surface area contributed by atoms with Gasteiger partial charge in [0.1, 0.15) is 22.9 Å². The number of rotatable bonds is 2. The maximum absolute atomic E-state index is 13.7. The molecule has 1 heterocycles. The largest absolute Gasteiger partial charge is 0.496 e. The van der Waals surface area contributed by atoms with E-state index in [0.717, 1.165) is 10.5 Å². The van der Waals surface area contributed by atoms with Gasteiger partial charge in [-0.3, -0.25) is 0 Å². The summed E-state index contributed by atoms with van der Waals surface area (Å²) >= 11 is 3.35. The molecule has 0 bridgehead atoms. The second-order valence-corrected chi connectivity index (χ2v) is 5.13. The topological polar surface area (TPSA) is 37.9 Å². The van der Waals surface area contributed by atoms with E-state index in [1.165, 1.54) is 13.2 Å². The van der Waals surface area contributed by atoms with Crippen LogP contribution in [0, 0.1) is 11.6 Å². The molecule has 1 N–H and O–H groups in total. The molecular weight excluding hydrogens is 330 g/mol. The Hall–Kier alpha value is -1.95. The quantitative estimate of drug-likeness (QED) is 0.757. The smallest absolute Gasteiger partial charge is 0.153 e. The lowest BCUT2D eigenvalue weighted by Gasteiger charge is -2.06. The SMILES string of the molecule is COc1cc(Br)ccc1-c1nc2c(F)cc(F)cc2[nH]1. The van der Waals surface area contributed by atoms with Crippen molar-refractivity contribution in [3.05, 3.63) is 46.4 Å². The summed E-state index contributed by atoms with van der Waals surface area (Å²) in [5.41, 5.74) is 1.08. The van der Waals surface area contributed by atoms with Crippen molar-refractivity contribution in [1.82, 2.24) is 9.97 Å². The highest BCUT2D eigenvalue weighted by Crippen LogP contribution is 2.32. The van der Waals surface area contributed by atoms with Crippen molar-refractivity contribution in [2.24, 2.45) is 0 Å². The minimum Gasteiger partial charge on any atom is -0.496 e. The van der Waals surface area contributed by atoms with Crippen LogP contribution in [0.3, 0.4) is 0 Å². The summed E-state index contributed by atoms with van der Waals surface area (Å²) in [4.78, 5) is 7.07. The number of benzene rings is 2. The average Bonchev–Trinajstić information content (AvgIpc) is 2.82. The number of imidazole rings is 1. The lowest BCUT2D eigenvalue weighted by Crippen LogP contribution is -1.89. The minimum absolute atomic E-state index is 0.103. The molecule has 6 heteroatoms. The number of nitrogens with one attached hydrogen (secondary N) is 1. The molecule has 0 amide bonds. The number of methoxy groups -OCH3 is 1. The number of hydrogen-bond donors (Lipinski definition) is 1. The van der Waals surface area contributed by atoms with Crippen LogP contribution < -0.4 is 4.74 Å². The highest BCUT2D eigenvalue weighted by atomic mass is 79.9. The Balaban J connectivity index is 2.22. The third-order valence-corrected chi connectivity index (χ3v) is 3.42. The molecule has 0 saturated carbocycles. The van der Waals surface area contributed by atoms with Crippen LogP contribution in [0.1, 0.15) is 0 Å². The maximum atomic E-state index is 13.7. The monoisotopic (exact) mass is 338 g/mol. The van der Waals surface area contributed by atoms with Crippen molar-refractivity contribution in [3.8, 4) is 17.1 Å². The van der Waals surface area contributed by atoms with E-state index in [0.29, 0.717) is 22.7 Å². The number of aromatic amines is 1. The van der Waals surface area contributed by atoms with Crippen LogP contribution in [-0.4, -0.2) is 17.1 Å². The first-order chi connectivity index (χ1) is 9.58. The van der Waals surface area contributed by atoms with Gasteiger partial charge in [-0.1, -0.05) is 15.9 Å². The van der Waals surface area contributed by atoms with Crippen molar-refractivity contribution in [2.45, 2.75) is 0 Å². The van der Waals surface area contributed by atoms with E-state index in [4.69, 9.17) is 4.74 Å². The van der Waals surface area contributed by atoms with Gasteiger partial charge in [-0.15, -0.1) is 0 Å². The van der Waals surface area contributed by atoms with E-state index in [9.17, 15) is 8.78 Å². The van der Waals surface area contributed by atoms with Crippen molar-refractivity contribution >= 4 is 27.0 Å². The van der Waals surface area contributed by atoms with Crippen LogP contribution in [0.15, 0.2) is 34.8 Å². The second kappa shape index (κ2) is 4.86. The van der Waals surface area contributed by atoms with Crippen LogP contribution >= 0.6 is 15.9 Å². The lowest BCUT2D eigenvalue weighted by molar-refractivity contribution is 0.416. The number of ether oxygens (including phenoxy) is 1. The van der Waals surface area contributed by atoms with Gasteiger partial charge >= 0.3 is 0 Å². The van der Waals surface area contributed by atoms with E-state index in [2.05, 4.69) is 25.9 Å². The zero-order chi connectivity index (χ0) is 14.3. The maximum Gasteiger partial charge on any atom is 0.153 e. The molecule has 3 rings (SSSR count). The van der Waals surface area contributed by atoms with Gasteiger partial charge in [0, 0.05) is 10.5 Å². The molecule has 0 aliphatic carbocycles. The van der Waals surface area contributed by atoms with Gasteiger partial charge in [-0.05, 0) is 24.3 Å². The molecule has 1 aromatic heterocycles. The molecule has 0 radical (unpaired) electrons. The number of halogens is 3. The minimum atomic E-state index is -0.696. The van der Waals surface area contributed by atoms with Gasteiger partial charge in [0.2, 0.25) is 0 Å². The van der Waals surface area contributed by atoms with Crippen molar-refractivity contribution in [2.75, 3.05) is 7.11 Å². The molecule has 3 nitrogen and oxygen atoms in total. The van der Waals surface area contributed by atoms with Crippen LogP contribution in [0.25, 0.3) is 22.4 Å². The van der Waals surface area contributed by atoms with Crippen molar-refractivity contribution < 1.29 is 13.5 Å². The van der Waals surface area contributed by atoms with Crippen LogP contribution in [0.2, 0.25) is 0 Å². The molecule has 0 fully saturated rings. The Morgan fingerprint density at radius 2 is 2.00 bits per heavy atom. The van der Waals surface area contributed by atoms with Crippen LogP contribution in [-0.2, 0) is 0 Å². The summed E-state index contributed by atoms with van der Waals surface area (Å²) in [7, 11) is 1.54. The van der Waals surface area contributed by atoms with E-state index in [-0.39, 0.29) is 5.52 Å². The first-order valence-corrected chi connectivity index (χ1v) is 6.56.